The van der Waals surface area contributed by atoms with Crippen molar-refractivity contribution in [2.45, 2.75) is 24.8 Å². The topological polar surface area (TPSA) is 99.7 Å². The standard InChI is InChI=1S/C17H19N7O/c1-23-8-14(21-10-23)12-7-24(17(25)11-2-3-11)9-15(12)22-16-13(6-18)19-4-5-20-16/h4-5,8,10-12,15H,2-3,7,9H2,1H3,(H,20,22)/t12-,15+/m0/s1. The first kappa shape index (κ1) is 15.6. The fourth-order valence-electron chi connectivity index (χ4n) is 3.34. The van der Waals surface area contributed by atoms with Gasteiger partial charge in [-0.15, -0.1) is 0 Å². The van der Waals surface area contributed by atoms with Crippen LogP contribution in [0.15, 0.2) is 24.9 Å². The van der Waals surface area contributed by atoms with Crippen LogP contribution in [-0.4, -0.2) is 49.5 Å². The van der Waals surface area contributed by atoms with Gasteiger partial charge in [0, 0.05) is 50.6 Å². The molecular formula is C17H19N7O. The normalized spacial score (nSPS) is 22.6. The summed E-state index contributed by atoms with van der Waals surface area (Å²) in [5, 5.41) is 12.6. The number of aryl methyl sites for hydroxylation is 1. The van der Waals surface area contributed by atoms with E-state index in [0.717, 1.165) is 18.5 Å². The van der Waals surface area contributed by atoms with E-state index in [1.165, 1.54) is 6.20 Å². The second-order valence-electron chi connectivity index (χ2n) is 6.70. The van der Waals surface area contributed by atoms with E-state index in [2.05, 4.69) is 26.3 Å². The second kappa shape index (κ2) is 6.16. The van der Waals surface area contributed by atoms with Crippen molar-refractivity contribution in [3.05, 3.63) is 36.3 Å². The Bertz CT molecular complexity index is 836. The molecule has 2 atom stereocenters. The van der Waals surface area contributed by atoms with Crippen molar-refractivity contribution >= 4 is 11.7 Å². The molecule has 8 nitrogen and oxygen atoms in total. The van der Waals surface area contributed by atoms with Gasteiger partial charge in [-0.05, 0) is 12.8 Å². The van der Waals surface area contributed by atoms with Crippen LogP contribution in [-0.2, 0) is 11.8 Å². The van der Waals surface area contributed by atoms with Crippen molar-refractivity contribution in [2.24, 2.45) is 13.0 Å². The Balaban J connectivity index is 1.60. The third-order valence-electron chi connectivity index (χ3n) is 4.79. The molecule has 2 aliphatic rings. The van der Waals surface area contributed by atoms with E-state index in [-0.39, 0.29) is 29.5 Å². The molecule has 128 valence electrons. The number of amides is 1. The predicted octanol–water partition coefficient (Wildman–Crippen LogP) is 0.898. The van der Waals surface area contributed by atoms with Gasteiger partial charge >= 0.3 is 0 Å². The molecule has 0 unspecified atom stereocenters. The van der Waals surface area contributed by atoms with E-state index in [1.54, 1.807) is 12.5 Å². The molecule has 0 bridgehead atoms. The summed E-state index contributed by atoms with van der Waals surface area (Å²) in [5.74, 6) is 0.924. The van der Waals surface area contributed by atoms with Crippen LogP contribution in [0.4, 0.5) is 5.82 Å². The number of nitrogens with one attached hydrogen (secondary N) is 1. The number of carbonyl (C=O) groups is 1. The number of likely N-dealkylation sites (tertiary alicyclic amines) is 1. The zero-order valence-corrected chi connectivity index (χ0v) is 14.0. The third kappa shape index (κ3) is 3.05. The Morgan fingerprint density at radius 2 is 2.08 bits per heavy atom. The summed E-state index contributed by atoms with van der Waals surface area (Å²) in [6, 6.07) is 2.00. The number of aromatic nitrogens is 4. The summed E-state index contributed by atoms with van der Waals surface area (Å²) in [6.07, 6.45) is 8.78. The minimum Gasteiger partial charge on any atom is -0.362 e. The van der Waals surface area contributed by atoms with Gasteiger partial charge in [0.2, 0.25) is 5.91 Å². The minimum atomic E-state index is -0.0543. The highest BCUT2D eigenvalue weighted by atomic mass is 16.2. The van der Waals surface area contributed by atoms with Gasteiger partial charge in [0.1, 0.15) is 6.07 Å². The molecule has 1 amide bonds. The van der Waals surface area contributed by atoms with Gasteiger partial charge in [0.25, 0.3) is 0 Å². The minimum absolute atomic E-state index is 0.0532. The predicted molar refractivity (Wildman–Crippen MR) is 89.4 cm³/mol. The van der Waals surface area contributed by atoms with Gasteiger partial charge in [0.05, 0.1) is 18.1 Å². The Morgan fingerprint density at radius 3 is 2.76 bits per heavy atom. The van der Waals surface area contributed by atoms with Crippen LogP contribution in [0.1, 0.15) is 30.1 Å². The first-order chi connectivity index (χ1) is 12.2. The zero-order chi connectivity index (χ0) is 17.4. The first-order valence-corrected chi connectivity index (χ1v) is 8.40. The molecule has 0 radical (unpaired) electrons. The number of imidazole rings is 1. The van der Waals surface area contributed by atoms with Gasteiger partial charge < -0.3 is 14.8 Å². The molecule has 1 aliphatic carbocycles. The lowest BCUT2D eigenvalue weighted by Crippen LogP contribution is -2.33. The summed E-state index contributed by atoms with van der Waals surface area (Å²) in [5.41, 5.74) is 1.20. The van der Waals surface area contributed by atoms with Gasteiger partial charge in [-0.1, -0.05) is 0 Å². The fourth-order valence-corrected chi connectivity index (χ4v) is 3.34. The highest BCUT2D eigenvalue weighted by Crippen LogP contribution is 2.35. The summed E-state index contributed by atoms with van der Waals surface area (Å²) >= 11 is 0. The number of hydrogen-bond acceptors (Lipinski definition) is 6. The number of anilines is 1. The Morgan fingerprint density at radius 1 is 1.28 bits per heavy atom. The molecule has 2 aromatic rings. The molecule has 3 heterocycles. The number of carbonyl (C=O) groups excluding carboxylic acids is 1. The van der Waals surface area contributed by atoms with Gasteiger partial charge in [-0.2, -0.15) is 5.26 Å². The van der Waals surface area contributed by atoms with Crippen LogP contribution < -0.4 is 5.32 Å². The average molecular weight is 337 g/mol. The van der Waals surface area contributed by atoms with Crippen LogP contribution in [0.25, 0.3) is 0 Å². The molecule has 25 heavy (non-hydrogen) atoms. The lowest BCUT2D eigenvalue weighted by Gasteiger charge is -2.19. The van der Waals surface area contributed by atoms with Crippen LogP contribution in [0.3, 0.4) is 0 Å². The van der Waals surface area contributed by atoms with Crippen LogP contribution >= 0.6 is 0 Å². The van der Waals surface area contributed by atoms with Crippen LogP contribution in [0, 0.1) is 17.2 Å². The third-order valence-corrected chi connectivity index (χ3v) is 4.79. The largest absolute Gasteiger partial charge is 0.362 e. The SMILES string of the molecule is Cn1cnc([C@@H]2CN(C(=O)C3CC3)C[C@H]2Nc2nccnc2C#N)c1. The van der Waals surface area contributed by atoms with E-state index >= 15 is 0 Å². The number of hydrogen-bond donors (Lipinski definition) is 1. The van der Waals surface area contributed by atoms with E-state index in [9.17, 15) is 10.1 Å². The van der Waals surface area contributed by atoms with Crippen molar-refractivity contribution in [1.82, 2.24) is 24.4 Å². The van der Waals surface area contributed by atoms with Crippen molar-refractivity contribution in [2.75, 3.05) is 18.4 Å². The second-order valence-corrected chi connectivity index (χ2v) is 6.70. The molecule has 8 heteroatoms. The van der Waals surface area contributed by atoms with E-state index in [0.29, 0.717) is 18.9 Å². The molecule has 2 aromatic heterocycles. The Labute approximate surface area is 145 Å². The molecular weight excluding hydrogens is 318 g/mol. The van der Waals surface area contributed by atoms with E-state index in [1.807, 2.05) is 22.7 Å². The molecule has 1 aliphatic heterocycles. The fraction of sp³-hybridized carbons (Fsp3) is 0.471. The van der Waals surface area contributed by atoms with Gasteiger partial charge in [-0.3, -0.25) is 4.79 Å². The van der Waals surface area contributed by atoms with E-state index < -0.39 is 0 Å². The molecule has 0 spiro atoms. The van der Waals surface area contributed by atoms with Gasteiger partial charge in [0.15, 0.2) is 11.5 Å². The molecule has 1 N–H and O–H groups in total. The molecule has 0 aromatic carbocycles. The van der Waals surface area contributed by atoms with Crippen molar-refractivity contribution < 1.29 is 4.79 Å². The number of nitrogens with zero attached hydrogens (tertiary/aromatic N) is 6. The smallest absolute Gasteiger partial charge is 0.225 e. The van der Waals surface area contributed by atoms with Crippen molar-refractivity contribution in [3.8, 4) is 6.07 Å². The lowest BCUT2D eigenvalue weighted by atomic mass is 10.0. The molecule has 1 saturated heterocycles. The maximum Gasteiger partial charge on any atom is 0.225 e. The van der Waals surface area contributed by atoms with Crippen LogP contribution in [0.5, 0.6) is 0 Å². The highest BCUT2D eigenvalue weighted by molar-refractivity contribution is 5.81. The Hall–Kier alpha value is -2.95. The lowest BCUT2D eigenvalue weighted by molar-refractivity contribution is -0.131. The quantitative estimate of drug-likeness (QED) is 0.890. The van der Waals surface area contributed by atoms with Crippen molar-refractivity contribution in [1.29, 1.82) is 5.26 Å². The maximum atomic E-state index is 12.5. The summed E-state index contributed by atoms with van der Waals surface area (Å²) < 4.78 is 1.90. The van der Waals surface area contributed by atoms with Gasteiger partial charge in [-0.25, -0.2) is 15.0 Å². The summed E-state index contributed by atoms with van der Waals surface area (Å²) in [6.45, 7) is 1.21. The molecule has 1 saturated carbocycles. The van der Waals surface area contributed by atoms with Crippen molar-refractivity contribution in [3.63, 3.8) is 0 Å². The average Bonchev–Trinajstić information content (AvgIpc) is 3.26. The molecule has 2 fully saturated rings. The number of nitriles is 1. The zero-order valence-electron chi connectivity index (χ0n) is 14.0. The monoisotopic (exact) mass is 337 g/mol. The number of rotatable bonds is 4. The maximum absolute atomic E-state index is 12.5. The highest BCUT2D eigenvalue weighted by Gasteiger charge is 2.42. The summed E-state index contributed by atoms with van der Waals surface area (Å²) in [4.78, 5) is 27.2. The molecule has 4 rings (SSSR count). The first-order valence-electron chi connectivity index (χ1n) is 8.40. The Kier molecular flexibility index (Phi) is 3.84. The van der Waals surface area contributed by atoms with E-state index in [4.69, 9.17) is 0 Å². The van der Waals surface area contributed by atoms with Crippen LogP contribution in [0.2, 0.25) is 0 Å². The summed E-state index contributed by atoms with van der Waals surface area (Å²) in [7, 11) is 1.93.